The molecule has 0 unspecified atom stereocenters. The lowest BCUT2D eigenvalue weighted by Gasteiger charge is -2.39. The third kappa shape index (κ3) is 5.36. The van der Waals surface area contributed by atoms with Crippen LogP contribution in [0.15, 0.2) is 103 Å². The number of aromatic amines is 1. The van der Waals surface area contributed by atoms with Gasteiger partial charge < -0.3 is 20.1 Å². The zero-order chi connectivity index (χ0) is 27.5. The molecule has 0 aliphatic carbocycles. The predicted octanol–water partition coefficient (Wildman–Crippen LogP) is 4.93. The summed E-state index contributed by atoms with van der Waals surface area (Å²) in [5.41, 5.74) is 4.27. The lowest BCUT2D eigenvalue weighted by molar-refractivity contribution is -0.148. The highest BCUT2D eigenvalue weighted by molar-refractivity contribution is 5.92. The Hall–Kier alpha value is -4.42. The van der Waals surface area contributed by atoms with Crippen molar-refractivity contribution in [2.75, 3.05) is 20.1 Å². The van der Waals surface area contributed by atoms with Crippen molar-refractivity contribution < 1.29 is 9.59 Å². The second-order valence-electron chi connectivity index (χ2n) is 10.7. The van der Waals surface area contributed by atoms with Crippen LogP contribution in [0.5, 0.6) is 0 Å². The first-order valence-electron chi connectivity index (χ1n) is 13.9. The van der Waals surface area contributed by atoms with Crippen LogP contribution in [0.3, 0.4) is 0 Å². The summed E-state index contributed by atoms with van der Waals surface area (Å²) >= 11 is 0. The van der Waals surface area contributed by atoms with Crippen LogP contribution >= 0.6 is 0 Å². The smallest absolute Gasteiger partial charge is 0.245 e. The molecule has 40 heavy (non-hydrogen) atoms. The first-order valence-corrected chi connectivity index (χ1v) is 13.9. The number of aromatic nitrogens is 1. The first-order chi connectivity index (χ1) is 19.6. The molecule has 0 radical (unpaired) electrons. The quantitative estimate of drug-likeness (QED) is 0.299. The maximum absolute atomic E-state index is 14.1. The maximum Gasteiger partial charge on any atom is 0.245 e. The molecule has 5 aromatic rings. The largest absolute Gasteiger partial charge is 0.361 e. The van der Waals surface area contributed by atoms with Gasteiger partial charge in [-0.05, 0) is 39.9 Å². The van der Waals surface area contributed by atoms with Gasteiger partial charge in [-0.1, -0.05) is 91.0 Å². The molecule has 1 fully saturated rings. The maximum atomic E-state index is 14.1. The van der Waals surface area contributed by atoms with Gasteiger partial charge in [-0.25, -0.2) is 0 Å². The number of rotatable bonds is 8. The lowest BCUT2D eigenvalue weighted by atomic mass is 9.97. The normalized spacial score (nSPS) is 16.4. The molecule has 0 spiro atoms. The van der Waals surface area contributed by atoms with Gasteiger partial charge in [-0.3, -0.25) is 9.59 Å². The van der Waals surface area contributed by atoms with Crippen molar-refractivity contribution in [3.63, 3.8) is 0 Å². The second-order valence-corrected chi connectivity index (χ2v) is 10.7. The van der Waals surface area contributed by atoms with Gasteiger partial charge in [0.15, 0.2) is 0 Å². The molecule has 2 amide bonds. The van der Waals surface area contributed by atoms with Crippen LogP contribution in [-0.4, -0.2) is 58.8 Å². The zero-order valence-electron chi connectivity index (χ0n) is 22.7. The average molecular weight is 531 g/mol. The van der Waals surface area contributed by atoms with Crippen molar-refractivity contribution in [2.24, 2.45) is 0 Å². The number of piperazine rings is 1. The molecular formula is C34H34N4O2. The summed E-state index contributed by atoms with van der Waals surface area (Å²) in [6.07, 6.45) is 3.02. The monoisotopic (exact) mass is 530 g/mol. The molecule has 6 nitrogen and oxygen atoms in total. The van der Waals surface area contributed by atoms with Gasteiger partial charge in [-0.15, -0.1) is 0 Å². The molecule has 0 bridgehead atoms. The Bertz CT molecular complexity index is 1640. The fraction of sp³-hybridized carbons (Fsp3) is 0.235. The third-order valence-corrected chi connectivity index (χ3v) is 7.97. The van der Waals surface area contributed by atoms with Gasteiger partial charge >= 0.3 is 0 Å². The summed E-state index contributed by atoms with van der Waals surface area (Å²) in [4.78, 5) is 35.0. The lowest BCUT2D eigenvalue weighted by Crippen LogP contribution is -2.62. The van der Waals surface area contributed by atoms with E-state index in [-0.39, 0.29) is 17.9 Å². The van der Waals surface area contributed by atoms with Crippen LogP contribution in [0.1, 0.15) is 16.7 Å². The van der Waals surface area contributed by atoms with E-state index >= 15 is 0 Å². The predicted molar refractivity (Wildman–Crippen MR) is 160 cm³/mol. The van der Waals surface area contributed by atoms with Crippen molar-refractivity contribution in [3.8, 4) is 0 Å². The molecule has 1 aliphatic heterocycles. The number of carbonyl (C=O) groups is 2. The Balaban J connectivity index is 1.28. The van der Waals surface area contributed by atoms with Gasteiger partial charge in [0.1, 0.15) is 6.04 Å². The van der Waals surface area contributed by atoms with Crippen LogP contribution in [0.4, 0.5) is 0 Å². The number of hydrogen-bond acceptors (Lipinski definition) is 3. The fourth-order valence-electron chi connectivity index (χ4n) is 5.86. The second kappa shape index (κ2) is 11.4. The van der Waals surface area contributed by atoms with Gasteiger partial charge in [-0.2, -0.15) is 0 Å². The standard InChI is InChI=1S/C34H34N4O2/c1-37(23-24-9-3-2-4-10-24)34(40)32(20-25-15-16-26-11-5-6-12-27(26)19-25)38-18-17-35-31(33(38)39)21-28-22-36-30-14-8-7-13-29(28)30/h2-16,19,22,31-32,35-36H,17-18,20-21,23H2,1H3/t31-,32+/m0/s1. The SMILES string of the molecule is CN(Cc1ccccc1)C(=O)[C@@H](Cc1ccc2ccccc2c1)N1CCN[C@@H](Cc2c[nH]c3ccccc23)C1=O. The molecule has 6 rings (SSSR count). The number of likely N-dealkylation sites (N-methyl/N-ethyl adjacent to an activating group) is 1. The summed E-state index contributed by atoms with van der Waals surface area (Å²) in [5.74, 6) is -0.0677. The van der Waals surface area contributed by atoms with E-state index in [0.29, 0.717) is 32.5 Å². The first kappa shape index (κ1) is 25.8. The van der Waals surface area contributed by atoms with E-state index in [1.807, 2.05) is 78.8 Å². The molecule has 1 aromatic heterocycles. The zero-order valence-corrected chi connectivity index (χ0v) is 22.7. The number of benzene rings is 4. The Labute approximate surface area is 234 Å². The van der Waals surface area contributed by atoms with Crippen LogP contribution < -0.4 is 5.32 Å². The van der Waals surface area contributed by atoms with Gasteiger partial charge in [0.05, 0.1) is 6.04 Å². The molecule has 2 heterocycles. The topological polar surface area (TPSA) is 68.4 Å². The minimum Gasteiger partial charge on any atom is -0.361 e. The summed E-state index contributed by atoms with van der Waals surface area (Å²) in [5, 5.41) is 6.84. The molecule has 202 valence electrons. The number of nitrogens with zero attached hydrogens (tertiary/aromatic N) is 2. The Morgan fingerprint density at radius 1 is 0.925 bits per heavy atom. The molecule has 0 saturated carbocycles. The Kier molecular flexibility index (Phi) is 7.34. The average Bonchev–Trinajstić information content (AvgIpc) is 3.40. The number of carbonyl (C=O) groups excluding carboxylic acids is 2. The molecule has 6 heteroatoms. The van der Waals surface area contributed by atoms with Crippen LogP contribution in [0, 0.1) is 0 Å². The summed E-state index contributed by atoms with van der Waals surface area (Å²) in [7, 11) is 1.83. The highest BCUT2D eigenvalue weighted by atomic mass is 16.2. The minimum atomic E-state index is -0.588. The number of amides is 2. The van der Waals surface area contributed by atoms with Crippen molar-refractivity contribution >= 4 is 33.5 Å². The summed E-state index contributed by atoms with van der Waals surface area (Å²) < 4.78 is 0. The van der Waals surface area contributed by atoms with E-state index in [2.05, 4.69) is 46.7 Å². The molecule has 4 aromatic carbocycles. The number of H-pyrrole nitrogens is 1. The molecule has 1 saturated heterocycles. The van der Waals surface area contributed by atoms with E-state index in [4.69, 9.17) is 0 Å². The van der Waals surface area contributed by atoms with Crippen molar-refractivity contribution in [3.05, 3.63) is 120 Å². The van der Waals surface area contributed by atoms with Crippen molar-refractivity contribution in [1.29, 1.82) is 0 Å². The van der Waals surface area contributed by atoms with Gasteiger partial charge in [0, 0.05) is 50.2 Å². The van der Waals surface area contributed by atoms with Gasteiger partial charge in [0.25, 0.3) is 0 Å². The summed E-state index contributed by atoms with van der Waals surface area (Å²) in [6.45, 7) is 1.63. The minimum absolute atomic E-state index is 0.0243. The highest BCUT2D eigenvalue weighted by Crippen LogP contribution is 2.23. The Morgan fingerprint density at radius 3 is 2.52 bits per heavy atom. The fourth-order valence-corrected chi connectivity index (χ4v) is 5.86. The van der Waals surface area contributed by atoms with Gasteiger partial charge in [0.2, 0.25) is 11.8 Å². The molecule has 2 N–H and O–H groups in total. The number of fused-ring (bicyclic) bond motifs is 2. The third-order valence-electron chi connectivity index (χ3n) is 7.97. The van der Waals surface area contributed by atoms with E-state index in [9.17, 15) is 9.59 Å². The Morgan fingerprint density at radius 2 is 1.68 bits per heavy atom. The number of hydrogen-bond donors (Lipinski definition) is 2. The number of nitrogens with one attached hydrogen (secondary N) is 2. The van der Waals surface area contributed by atoms with E-state index in [1.165, 1.54) is 0 Å². The summed E-state index contributed by atoms with van der Waals surface area (Å²) in [6, 6.07) is 31.7. The van der Waals surface area contributed by atoms with E-state index in [1.54, 1.807) is 4.90 Å². The molecule has 2 atom stereocenters. The van der Waals surface area contributed by atoms with Crippen LogP contribution in [-0.2, 0) is 29.0 Å². The molecular weight excluding hydrogens is 496 g/mol. The molecule has 1 aliphatic rings. The number of para-hydroxylation sites is 1. The van der Waals surface area contributed by atoms with E-state index < -0.39 is 6.04 Å². The van der Waals surface area contributed by atoms with Crippen molar-refractivity contribution in [1.82, 2.24) is 20.1 Å². The van der Waals surface area contributed by atoms with E-state index in [0.717, 1.165) is 38.4 Å². The van der Waals surface area contributed by atoms with Crippen molar-refractivity contribution in [2.45, 2.75) is 31.5 Å². The highest BCUT2D eigenvalue weighted by Gasteiger charge is 2.37. The van der Waals surface area contributed by atoms with Crippen LogP contribution in [0.2, 0.25) is 0 Å². The van der Waals surface area contributed by atoms with Crippen LogP contribution in [0.25, 0.3) is 21.7 Å².